The van der Waals surface area contributed by atoms with Gasteiger partial charge in [0.05, 0.1) is 12.8 Å². The van der Waals surface area contributed by atoms with E-state index in [9.17, 15) is 0 Å². The molecule has 0 saturated heterocycles. The van der Waals surface area contributed by atoms with Crippen molar-refractivity contribution in [2.24, 2.45) is 0 Å². The molecular weight excluding hydrogens is 248 g/mol. The van der Waals surface area contributed by atoms with E-state index in [1.165, 1.54) is 0 Å². The molecular formula is C14H15ClN2O. The number of rotatable bonds is 2. The van der Waals surface area contributed by atoms with Crippen LogP contribution in [-0.4, -0.2) is 17.1 Å². The summed E-state index contributed by atoms with van der Waals surface area (Å²) in [6.45, 7) is 5.94. The van der Waals surface area contributed by atoms with Crippen LogP contribution in [0.5, 0.6) is 5.75 Å². The quantitative estimate of drug-likeness (QED) is 0.774. The van der Waals surface area contributed by atoms with Gasteiger partial charge in [-0.3, -0.25) is 0 Å². The summed E-state index contributed by atoms with van der Waals surface area (Å²) in [6.07, 6.45) is 0. The highest BCUT2D eigenvalue weighted by atomic mass is 35.5. The van der Waals surface area contributed by atoms with E-state index in [1.54, 1.807) is 7.11 Å². The summed E-state index contributed by atoms with van der Waals surface area (Å²) >= 11 is 5.89. The molecule has 0 radical (unpaired) electrons. The second-order valence-electron chi connectivity index (χ2n) is 4.31. The van der Waals surface area contributed by atoms with Gasteiger partial charge in [0.15, 0.2) is 0 Å². The molecule has 18 heavy (non-hydrogen) atoms. The molecule has 0 aliphatic rings. The Morgan fingerprint density at radius 1 is 1.00 bits per heavy atom. The minimum Gasteiger partial charge on any atom is -0.496 e. The van der Waals surface area contributed by atoms with Gasteiger partial charge < -0.3 is 4.74 Å². The first-order valence-corrected chi connectivity index (χ1v) is 6.06. The van der Waals surface area contributed by atoms with Gasteiger partial charge in [-0.05, 0) is 61.7 Å². The first-order chi connectivity index (χ1) is 8.51. The summed E-state index contributed by atoms with van der Waals surface area (Å²) in [4.78, 5) is 8.32. The number of benzene rings is 1. The molecule has 1 aromatic carbocycles. The Morgan fingerprint density at radius 3 is 2.11 bits per heavy atom. The van der Waals surface area contributed by atoms with Crippen molar-refractivity contribution in [3.8, 4) is 17.0 Å². The summed E-state index contributed by atoms with van der Waals surface area (Å²) in [7, 11) is 1.68. The van der Waals surface area contributed by atoms with Crippen LogP contribution in [0, 0.1) is 20.8 Å². The molecule has 0 N–H and O–H groups in total. The van der Waals surface area contributed by atoms with Crippen LogP contribution >= 0.6 is 11.6 Å². The molecule has 0 fully saturated rings. The van der Waals surface area contributed by atoms with Crippen LogP contribution in [0.3, 0.4) is 0 Å². The monoisotopic (exact) mass is 262 g/mol. The number of nitrogens with zero attached hydrogens (tertiary/aromatic N) is 2. The van der Waals surface area contributed by atoms with Crippen LogP contribution in [0.25, 0.3) is 11.3 Å². The number of ether oxygens (including phenoxy) is 1. The smallest absolute Gasteiger partial charge is 0.223 e. The van der Waals surface area contributed by atoms with E-state index >= 15 is 0 Å². The fourth-order valence-corrected chi connectivity index (χ4v) is 2.32. The van der Waals surface area contributed by atoms with Crippen molar-refractivity contribution in [2.75, 3.05) is 7.11 Å². The maximum absolute atomic E-state index is 5.89. The zero-order valence-electron chi connectivity index (χ0n) is 10.9. The van der Waals surface area contributed by atoms with Crippen LogP contribution < -0.4 is 4.74 Å². The van der Waals surface area contributed by atoms with Gasteiger partial charge in [0.2, 0.25) is 5.28 Å². The molecule has 0 unspecified atom stereocenters. The van der Waals surface area contributed by atoms with E-state index in [0.29, 0.717) is 0 Å². The Hall–Kier alpha value is -1.61. The van der Waals surface area contributed by atoms with Crippen molar-refractivity contribution in [3.63, 3.8) is 0 Å². The van der Waals surface area contributed by atoms with Crippen molar-refractivity contribution in [1.82, 2.24) is 9.97 Å². The standard InChI is InChI=1S/C14H15ClN2O/c1-8-5-11(6-9(2)13(8)18-4)12-7-10(3)16-14(15)17-12/h5-7H,1-4H3. The molecule has 94 valence electrons. The Bertz CT molecular complexity index is 553. The van der Waals surface area contributed by atoms with Crippen LogP contribution in [0.2, 0.25) is 5.28 Å². The van der Waals surface area contributed by atoms with Crippen molar-refractivity contribution >= 4 is 11.6 Å². The second kappa shape index (κ2) is 4.94. The number of hydrogen-bond acceptors (Lipinski definition) is 3. The molecule has 2 aromatic rings. The molecule has 0 aliphatic carbocycles. The molecule has 1 aromatic heterocycles. The van der Waals surface area contributed by atoms with Gasteiger partial charge in [-0.15, -0.1) is 0 Å². The van der Waals surface area contributed by atoms with Crippen molar-refractivity contribution < 1.29 is 4.74 Å². The van der Waals surface area contributed by atoms with Crippen LogP contribution in [0.15, 0.2) is 18.2 Å². The topological polar surface area (TPSA) is 35.0 Å². The highest BCUT2D eigenvalue weighted by molar-refractivity contribution is 6.28. The van der Waals surface area contributed by atoms with Crippen LogP contribution in [0.1, 0.15) is 16.8 Å². The lowest BCUT2D eigenvalue weighted by molar-refractivity contribution is 0.408. The van der Waals surface area contributed by atoms with Gasteiger partial charge in [0, 0.05) is 11.3 Å². The lowest BCUT2D eigenvalue weighted by atomic mass is 10.0. The third kappa shape index (κ3) is 2.46. The molecule has 0 saturated carbocycles. The SMILES string of the molecule is COc1c(C)cc(-c2cc(C)nc(Cl)n2)cc1C. The molecule has 4 heteroatoms. The number of aryl methyl sites for hydroxylation is 3. The van der Waals surface area contributed by atoms with Gasteiger partial charge in [-0.1, -0.05) is 0 Å². The number of halogens is 1. The summed E-state index contributed by atoms with van der Waals surface area (Å²) in [5.74, 6) is 0.913. The first-order valence-electron chi connectivity index (χ1n) is 5.68. The fraction of sp³-hybridized carbons (Fsp3) is 0.286. The number of methoxy groups -OCH3 is 1. The minimum absolute atomic E-state index is 0.274. The maximum Gasteiger partial charge on any atom is 0.223 e. The van der Waals surface area contributed by atoms with Crippen LogP contribution in [0.4, 0.5) is 0 Å². The van der Waals surface area contributed by atoms with Gasteiger partial charge in [0.25, 0.3) is 0 Å². The van der Waals surface area contributed by atoms with E-state index in [2.05, 4.69) is 9.97 Å². The number of aromatic nitrogens is 2. The second-order valence-corrected chi connectivity index (χ2v) is 4.64. The average Bonchev–Trinajstić information content (AvgIpc) is 2.27. The normalized spacial score (nSPS) is 10.5. The van der Waals surface area contributed by atoms with Gasteiger partial charge >= 0.3 is 0 Å². The largest absolute Gasteiger partial charge is 0.496 e. The molecule has 1 heterocycles. The van der Waals surface area contributed by atoms with Crippen molar-refractivity contribution in [2.45, 2.75) is 20.8 Å². The van der Waals surface area contributed by atoms with Crippen molar-refractivity contribution in [1.29, 1.82) is 0 Å². The lowest BCUT2D eigenvalue weighted by Crippen LogP contribution is -1.95. The molecule has 0 aliphatic heterocycles. The average molecular weight is 263 g/mol. The lowest BCUT2D eigenvalue weighted by Gasteiger charge is -2.11. The van der Waals surface area contributed by atoms with E-state index in [0.717, 1.165) is 33.8 Å². The first kappa shape index (κ1) is 12.8. The predicted octanol–water partition coefficient (Wildman–Crippen LogP) is 3.73. The highest BCUT2D eigenvalue weighted by Gasteiger charge is 2.09. The fourth-order valence-electron chi connectivity index (χ4n) is 2.10. The number of hydrogen-bond donors (Lipinski definition) is 0. The minimum atomic E-state index is 0.274. The third-order valence-corrected chi connectivity index (χ3v) is 2.96. The summed E-state index contributed by atoms with van der Waals surface area (Å²) in [5, 5.41) is 0.274. The van der Waals surface area contributed by atoms with Gasteiger partial charge in [0.1, 0.15) is 5.75 Å². The van der Waals surface area contributed by atoms with Crippen molar-refractivity contribution in [3.05, 3.63) is 40.3 Å². The Kier molecular flexibility index (Phi) is 3.53. The van der Waals surface area contributed by atoms with Crippen LogP contribution in [-0.2, 0) is 0 Å². The zero-order chi connectivity index (χ0) is 13.3. The molecule has 0 amide bonds. The van der Waals surface area contributed by atoms with E-state index in [-0.39, 0.29) is 5.28 Å². The van der Waals surface area contributed by atoms with E-state index < -0.39 is 0 Å². The Morgan fingerprint density at radius 2 is 1.61 bits per heavy atom. The van der Waals surface area contributed by atoms with Gasteiger partial charge in [-0.25, -0.2) is 9.97 Å². The third-order valence-electron chi connectivity index (χ3n) is 2.79. The van der Waals surface area contributed by atoms with Gasteiger partial charge in [-0.2, -0.15) is 0 Å². The predicted molar refractivity (Wildman–Crippen MR) is 73.2 cm³/mol. The summed E-state index contributed by atoms with van der Waals surface area (Å²) in [6, 6.07) is 6.01. The molecule has 0 bridgehead atoms. The molecule has 0 atom stereocenters. The molecule has 2 rings (SSSR count). The Labute approximate surface area is 112 Å². The highest BCUT2D eigenvalue weighted by Crippen LogP contribution is 2.29. The summed E-state index contributed by atoms with van der Waals surface area (Å²) in [5.41, 5.74) is 4.88. The summed E-state index contributed by atoms with van der Waals surface area (Å²) < 4.78 is 5.36. The zero-order valence-corrected chi connectivity index (χ0v) is 11.7. The Balaban J connectivity index is 2.58. The maximum atomic E-state index is 5.89. The molecule has 0 spiro atoms. The molecule has 3 nitrogen and oxygen atoms in total. The van der Waals surface area contributed by atoms with E-state index in [4.69, 9.17) is 16.3 Å². The van der Waals surface area contributed by atoms with E-state index in [1.807, 2.05) is 39.0 Å².